The van der Waals surface area contributed by atoms with Gasteiger partial charge in [-0.25, -0.2) is 0 Å². The Morgan fingerprint density at radius 1 is 1.03 bits per heavy atom. The second-order valence-corrected chi connectivity index (χ2v) is 8.55. The molecule has 1 unspecified atom stereocenters. The molecule has 0 radical (unpaired) electrons. The van der Waals surface area contributed by atoms with E-state index in [9.17, 15) is 9.59 Å². The zero-order valence-electron chi connectivity index (χ0n) is 19.5. The smallest absolute Gasteiger partial charge is 0.223 e. The van der Waals surface area contributed by atoms with Crippen molar-refractivity contribution in [1.29, 1.82) is 0 Å². The molecule has 2 N–H and O–H groups in total. The lowest BCUT2D eigenvalue weighted by Crippen LogP contribution is -2.54. The van der Waals surface area contributed by atoms with Crippen molar-refractivity contribution >= 4 is 17.5 Å². The molecule has 1 saturated heterocycles. The third-order valence-electron chi connectivity index (χ3n) is 5.95. The Hall–Kier alpha value is -3.64. The van der Waals surface area contributed by atoms with Crippen LogP contribution in [0.2, 0.25) is 0 Å². The van der Waals surface area contributed by atoms with Crippen LogP contribution in [-0.2, 0) is 22.4 Å². The summed E-state index contributed by atoms with van der Waals surface area (Å²) < 4.78 is 6.12. The Morgan fingerprint density at radius 2 is 1.82 bits per heavy atom. The Kier molecular flexibility index (Phi) is 7.94. The molecule has 0 aromatic heterocycles. The Labute approximate surface area is 200 Å². The molecule has 0 spiro atoms. The summed E-state index contributed by atoms with van der Waals surface area (Å²) >= 11 is 0. The summed E-state index contributed by atoms with van der Waals surface area (Å²) in [6.07, 6.45) is 1.88. The number of hydrogen-bond acceptors (Lipinski definition) is 4. The second kappa shape index (κ2) is 11.5. The molecule has 1 aliphatic heterocycles. The molecule has 1 atom stereocenters. The number of rotatable bonds is 8. The maximum absolute atomic E-state index is 13.2. The zero-order chi connectivity index (χ0) is 23.8. The lowest BCUT2D eigenvalue weighted by molar-refractivity contribution is -0.134. The molecule has 3 aromatic carbocycles. The molecule has 0 bridgehead atoms. The van der Waals surface area contributed by atoms with Gasteiger partial charge in [0.25, 0.3) is 0 Å². The van der Waals surface area contributed by atoms with E-state index in [1.165, 1.54) is 12.5 Å². The fourth-order valence-electron chi connectivity index (χ4n) is 4.32. The van der Waals surface area contributed by atoms with Crippen molar-refractivity contribution in [3.8, 4) is 11.5 Å². The van der Waals surface area contributed by atoms with Crippen molar-refractivity contribution in [1.82, 2.24) is 10.2 Å². The van der Waals surface area contributed by atoms with Gasteiger partial charge < -0.3 is 20.3 Å². The van der Waals surface area contributed by atoms with Gasteiger partial charge in [-0.15, -0.1) is 0 Å². The van der Waals surface area contributed by atoms with Crippen LogP contribution in [0, 0.1) is 0 Å². The van der Waals surface area contributed by atoms with Crippen molar-refractivity contribution in [2.24, 2.45) is 0 Å². The van der Waals surface area contributed by atoms with Gasteiger partial charge in [-0.1, -0.05) is 54.6 Å². The molecule has 176 valence electrons. The summed E-state index contributed by atoms with van der Waals surface area (Å²) in [6, 6.07) is 25.6. The van der Waals surface area contributed by atoms with Gasteiger partial charge in [-0.05, 0) is 42.2 Å². The minimum Gasteiger partial charge on any atom is -0.457 e. The van der Waals surface area contributed by atoms with Crippen molar-refractivity contribution in [3.05, 3.63) is 90.0 Å². The molecule has 0 saturated carbocycles. The molecule has 3 aromatic rings. The fraction of sp³-hybridized carbons (Fsp3) is 0.286. The number of para-hydroxylation sites is 1. The number of anilines is 1. The highest BCUT2D eigenvalue weighted by molar-refractivity contribution is 5.88. The number of amides is 2. The summed E-state index contributed by atoms with van der Waals surface area (Å²) in [7, 11) is 0. The minimum atomic E-state index is -0.130. The number of carbonyl (C=O) groups is 2. The monoisotopic (exact) mass is 457 g/mol. The number of nitrogens with zero attached hydrogens (tertiary/aromatic N) is 1. The number of aryl methyl sites for hydroxylation is 1. The first-order valence-electron chi connectivity index (χ1n) is 11.8. The molecule has 6 heteroatoms. The van der Waals surface area contributed by atoms with Gasteiger partial charge in [0.05, 0.1) is 0 Å². The van der Waals surface area contributed by atoms with Crippen LogP contribution >= 0.6 is 0 Å². The van der Waals surface area contributed by atoms with Crippen molar-refractivity contribution in [2.75, 3.05) is 25.0 Å². The van der Waals surface area contributed by atoms with Crippen LogP contribution in [0.15, 0.2) is 78.9 Å². The Bertz CT molecular complexity index is 1120. The van der Waals surface area contributed by atoms with Gasteiger partial charge >= 0.3 is 0 Å². The van der Waals surface area contributed by atoms with E-state index in [1.54, 1.807) is 6.07 Å². The van der Waals surface area contributed by atoms with Crippen LogP contribution in [0.1, 0.15) is 24.5 Å². The highest BCUT2D eigenvalue weighted by atomic mass is 16.5. The van der Waals surface area contributed by atoms with E-state index in [1.807, 2.05) is 65.6 Å². The molecular formula is C28H31N3O3. The largest absolute Gasteiger partial charge is 0.457 e. The van der Waals surface area contributed by atoms with E-state index in [0.717, 1.165) is 37.4 Å². The van der Waals surface area contributed by atoms with E-state index < -0.39 is 0 Å². The van der Waals surface area contributed by atoms with Crippen molar-refractivity contribution in [2.45, 2.75) is 32.2 Å². The number of carbonyl (C=O) groups excluding carboxylic acids is 2. The van der Waals surface area contributed by atoms with E-state index in [-0.39, 0.29) is 17.9 Å². The average Bonchev–Trinajstić information content (AvgIpc) is 2.84. The van der Waals surface area contributed by atoms with Gasteiger partial charge in [0.15, 0.2) is 0 Å². The predicted molar refractivity (Wildman–Crippen MR) is 134 cm³/mol. The fourth-order valence-corrected chi connectivity index (χ4v) is 4.32. The van der Waals surface area contributed by atoms with Crippen molar-refractivity contribution < 1.29 is 14.3 Å². The number of ether oxygens (including phenoxy) is 1. The van der Waals surface area contributed by atoms with Gasteiger partial charge in [0.1, 0.15) is 11.5 Å². The highest BCUT2D eigenvalue weighted by Crippen LogP contribution is 2.28. The average molecular weight is 458 g/mol. The van der Waals surface area contributed by atoms with Crippen LogP contribution in [0.4, 0.5) is 5.69 Å². The Morgan fingerprint density at radius 3 is 2.65 bits per heavy atom. The van der Waals surface area contributed by atoms with Gasteiger partial charge in [0.2, 0.25) is 11.8 Å². The quantitative estimate of drug-likeness (QED) is 0.526. The maximum atomic E-state index is 13.2. The zero-order valence-corrected chi connectivity index (χ0v) is 19.5. The van der Waals surface area contributed by atoms with Crippen LogP contribution in [0.3, 0.4) is 0 Å². The molecule has 0 aliphatic carbocycles. The van der Waals surface area contributed by atoms with Crippen LogP contribution in [-0.4, -0.2) is 42.4 Å². The lowest BCUT2D eigenvalue weighted by atomic mass is 10.0. The van der Waals surface area contributed by atoms with Gasteiger partial charge in [-0.2, -0.15) is 0 Å². The summed E-state index contributed by atoms with van der Waals surface area (Å²) in [4.78, 5) is 26.6. The minimum absolute atomic E-state index is 0.130. The number of hydrogen-bond donors (Lipinski definition) is 2. The molecular weight excluding hydrogens is 426 g/mol. The third-order valence-corrected chi connectivity index (χ3v) is 5.95. The van der Waals surface area contributed by atoms with E-state index in [4.69, 9.17) is 4.74 Å². The molecule has 6 nitrogen and oxygen atoms in total. The number of nitrogens with one attached hydrogen (secondary N) is 2. The summed E-state index contributed by atoms with van der Waals surface area (Å²) in [6.45, 7) is 3.83. The maximum Gasteiger partial charge on any atom is 0.223 e. The first-order valence-corrected chi connectivity index (χ1v) is 11.8. The van der Waals surface area contributed by atoms with Crippen molar-refractivity contribution in [3.63, 3.8) is 0 Å². The van der Waals surface area contributed by atoms with Crippen LogP contribution < -0.4 is 15.4 Å². The van der Waals surface area contributed by atoms with Crippen LogP contribution in [0.25, 0.3) is 0 Å². The normalized spacial score (nSPS) is 15.6. The lowest BCUT2D eigenvalue weighted by Gasteiger charge is -2.36. The standard InChI is InChI=1S/C28H31N3O3/c1-21(32)30-24-11-7-12-26(19-24)34-27-13-6-5-10-23(27)14-15-28(33)31-17-16-29-20-25(31)18-22-8-3-2-4-9-22/h2-13,19,25,29H,14-18,20H2,1H3,(H,30,32). The first kappa shape index (κ1) is 23.5. The van der Waals surface area contributed by atoms with E-state index in [0.29, 0.717) is 24.3 Å². The van der Waals surface area contributed by atoms with E-state index >= 15 is 0 Å². The molecule has 34 heavy (non-hydrogen) atoms. The van der Waals surface area contributed by atoms with Gasteiger partial charge in [0, 0.05) is 50.8 Å². The molecule has 4 rings (SSSR count). The topological polar surface area (TPSA) is 70.7 Å². The number of piperazine rings is 1. The summed E-state index contributed by atoms with van der Waals surface area (Å²) in [5.41, 5.74) is 2.91. The molecule has 1 fully saturated rings. The SMILES string of the molecule is CC(=O)Nc1cccc(Oc2ccccc2CCC(=O)N2CCNCC2Cc2ccccc2)c1. The molecule has 2 amide bonds. The predicted octanol–water partition coefficient (Wildman–Crippen LogP) is 4.41. The molecule has 1 aliphatic rings. The Balaban J connectivity index is 1.40. The second-order valence-electron chi connectivity index (χ2n) is 8.55. The summed E-state index contributed by atoms with van der Waals surface area (Å²) in [5.74, 6) is 1.39. The van der Waals surface area contributed by atoms with Crippen LogP contribution in [0.5, 0.6) is 11.5 Å². The summed E-state index contributed by atoms with van der Waals surface area (Å²) in [5, 5.41) is 6.20. The first-order chi connectivity index (χ1) is 16.6. The number of benzene rings is 3. The molecule has 1 heterocycles. The highest BCUT2D eigenvalue weighted by Gasteiger charge is 2.26. The third kappa shape index (κ3) is 6.45. The van der Waals surface area contributed by atoms with E-state index in [2.05, 4.69) is 22.8 Å². The van der Waals surface area contributed by atoms with Gasteiger partial charge in [-0.3, -0.25) is 9.59 Å².